The van der Waals surface area contributed by atoms with Gasteiger partial charge in [-0.05, 0) is 35.7 Å². The van der Waals surface area contributed by atoms with Crippen LogP contribution in [0.1, 0.15) is 23.6 Å². The third-order valence-corrected chi connectivity index (χ3v) is 5.16. The number of nitrogens with one attached hydrogen (secondary N) is 2. The average molecular weight is 411 g/mol. The summed E-state index contributed by atoms with van der Waals surface area (Å²) in [4.78, 5) is 19.2. The fraction of sp³-hybridized carbons (Fsp3) is 0.364. The molecule has 1 unspecified atom stereocenters. The predicted octanol–water partition coefficient (Wildman–Crippen LogP) is 1.45. The molecule has 1 aliphatic heterocycles. The zero-order valence-corrected chi connectivity index (χ0v) is 17.3. The highest BCUT2D eigenvalue weighted by atomic mass is 16.5. The number of carbonyl (C=O) groups excluding carboxylic acids is 1. The van der Waals surface area contributed by atoms with Crippen LogP contribution >= 0.6 is 0 Å². The molecule has 1 aliphatic rings. The first-order valence-corrected chi connectivity index (χ1v) is 10.1. The summed E-state index contributed by atoms with van der Waals surface area (Å²) in [7, 11) is 0. The molecule has 0 bridgehead atoms. The Labute approximate surface area is 177 Å². The average Bonchev–Trinajstić information content (AvgIpc) is 2.76. The van der Waals surface area contributed by atoms with Crippen LogP contribution in [0.2, 0.25) is 0 Å². The van der Waals surface area contributed by atoms with Gasteiger partial charge in [0, 0.05) is 55.4 Å². The second-order valence-corrected chi connectivity index (χ2v) is 7.48. The van der Waals surface area contributed by atoms with Gasteiger partial charge in [0.25, 0.3) is 0 Å². The lowest BCUT2D eigenvalue weighted by Crippen LogP contribution is -2.35. The van der Waals surface area contributed by atoms with Crippen molar-refractivity contribution in [3.05, 3.63) is 65.6 Å². The van der Waals surface area contributed by atoms with Crippen molar-refractivity contribution < 1.29 is 9.53 Å². The molecule has 2 aromatic rings. The Morgan fingerprint density at radius 3 is 2.70 bits per heavy atom. The van der Waals surface area contributed by atoms with Crippen molar-refractivity contribution in [2.75, 3.05) is 31.6 Å². The van der Waals surface area contributed by atoms with Crippen LogP contribution < -0.4 is 22.3 Å². The molecule has 0 aliphatic carbocycles. The first-order valence-electron chi connectivity index (χ1n) is 10.1. The van der Waals surface area contributed by atoms with Gasteiger partial charge in [0.1, 0.15) is 0 Å². The summed E-state index contributed by atoms with van der Waals surface area (Å²) >= 11 is 0. The molecule has 8 nitrogen and oxygen atoms in total. The number of hydrazine groups is 1. The topological polar surface area (TPSA) is 119 Å². The van der Waals surface area contributed by atoms with Gasteiger partial charge >= 0.3 is 0 Å². The Morgan fingerprint density at radius 2 is 2.00 bits per heavy atom. The highest BCUT2D eigenvalue weighted by Gasteiger charge is 2.17. The molecule has 1 aromatic heterocycles. The number of morpholine rings is 1. The lowest BCUT2D eigenvalue weighted by Gasteiger charge is -2.26. The normalized spacial score (nSPS) is 16.1. The summed E-state index contributed by atoms with van der Waals surface area (Å²) < 4.78 is 5.39. The molecule has 2 heterocycles. The number of nitrogens with zero attached hydrogens (tertiary/aromatic N) is 2. The van der Waals surface area contributed by atoms with E-state index in [1.54, 1.807) is 12.4 Å². The highest BCUT2D eigenvalue weighted by Crippen LogP contribution is 2.19. The lowest BCUT2D eigenvalue weighted by molar-refractivity contribution is -0.119. The van der Waals surface area contributed by atoms with Crippen molar-refractivity contribution >= 4 is 17.3 Å². The van der Waals surface area contributed by atoms with Gasteiger partial charge in [-0.1, -0.05) is 19.1 Å². The van der Waals surface area contributed by atoms with Crippen molar-refractivity contribution in [1.29, 1.82) is 0 Å². The molecule has 0 spiro atoms. The maximum absolute atomic E-state index is 12.7. The number of benzene rings is 1. The standard InChI is InChI=1S/C22H30N6O2/c1-16(12-18-13-25-7-6-20(18)21(23)14-26-24)22(29)27-19-4-2-17(3-5-19)15-28-8-10-30-11-9-28/h2-7,13-14,16,26H,8-12,15,23-24H2,1H3,(H,27,29)/b21-14-. The molecule has 1 saturated heterocycles. The van der Waals surface area contributed by atoms with E-state index >= 15 is 0 Å². The molecule has 160 valence electrons. The summed E-state index contributed by atoms with van der Waals surface area (Å²) in [6.07, 6.45) is 5.43. The number of pyridine rings is 1. The molecule has 1 atom stereocenters. The Morgan fingerprint density at radius 1 is 1.27 bits per heavy atom. The van der Waals surface area contributed by atoms with E-state index in [1.807, 2.05) is 25.1 Å². The van der Waals surface area contributed by atoms with Gasteiger partial charge in [0.15, 0.2) is 0 Å². The van der Waals surface area contributed by atoms with Crippen LogP contribution in [0.3, 0.4) is 0 Å². The summed E-state index contributed by atoms with van der Waals surface area (Å²) in [6, 6.07) is 9.82. The van der Waals surface area contributed by atoms with Crippen LogP contribution in [0, 0.1) is 5.92 Å². The monoisotopic (exact) mass is 410 g/mol. The van der Waals surface area contributed by atoms with Crippen molar-refractivity contribution in [1.82, 2.24) is 15.3 Å². The van der Waals surface area contributed by atoms with E-state index in [4.69, 9.17) is 16.3 Å². The van der Waals surface area contributed by atoms with Crippen LogP contribution in [-0.2, 0) is 22.5 Å². The molecule has 1 aromatic carbocycles. The van der Waals surface area contributed by atoms with Crippen LogP contribution in [0.15, 0.2) is 48.9 Å². The van der Waals surface area contributed by atoms with E-state index in [2.05, 4.69) is 32.8 Å². The van der Waals surface area contributed by atoms with Crippen molar-refractivity contribution in [2.45, 2.75) is 19.9 Å². The van der Waals surface area contributed by atoms with Crippen molar-refractivity contribution in [3.63, 3.8) is 0 Å². The molecular formula is C22H30N6O2. The second kappa shape index (κ2) is 10.7. The molecule has 6 N–H and O–H groups in total. The first-order chi connectivity index (χ1) is 14.6. The summed E-state index contributed by atoms with van der Waals surface area (Å²) in [6.45, 7) is 6.26. The zero-order chi connectivity index (χ0) is 21.3. The number of hydrogen-bond acceptors (Lipinski definition) is 7. The van der Waals surface area contributed by atoms with Gasteiger partial charge in [-0.3, -0.25) is 20.5 Å². The number of ether oxygens (including phenoxy) is 1. The van der Waals surface area contributed by atoms with E-state index in [0.29, 0.717) is 12.1 Å². The van der Waals surface area contributed by atoms with E-state index in [-0.39, 0.29) is 11.8 Å². The summed E-state index contributed by atoms with van der Waals surface area (Å²) in [5, 5.41) is 3.00. The first kappa shape index (κ1) is 21.8. The molecule has 30 heavy (non-hydrogen) atoms. The third-order valence-electron chi connectivity index (χ3n) is 5.16. The Bertz CT molecular complexity index is 862. The smallest absolute Gasteiger partial charge is 0.227 e. The summed E-state index contributed by atoms with van der Waals surface area (Å²) in [5.41, 5.74) is 12.7. The highest BCUT2D eigenvalue weighted by molar-refractivity contribution is 5.92. The van der Waals surface area contributed by atoms with Crippen LogP contribution in [0.25, 0.3) is 5.70 Å². The molecule has 0 radical (unpaired) electrons. The zero-order valence-electron chi connectivity index (χ0n) is 17.3. The maximum atomic E-state index is 12.7. The second-order valence-electron chi connectivity index (χ2n) is 7.48. The quantitative estimate of drug-likeness (QED) is 0.384. The van der Waals surface area contributed by atoms with Gasteiger partial charge in [-0.2, -0.15) is 0 Å². The van der Waals surface area contributed by atoms with E-state index < -0.39 is 0 Å². The number of carbonyl (C=O) groups is 1. The van der Waals surface area contributed by atoms with E-state index in [9.17, 15) is 4.79 Å². The van der Waals surface area contributed by atoms with E-state index in [0.717, 1.165) is 49.7 Å². The SMILES string of the molecule is CC(Cc1cnccc1/C(N)=C/NN)C(=O)Nc1ccc(CN2CCOCC2)cc1. The number of rotatable bonds is 8. The predicted molar refractivity (Wildman–Crippen MR) is 118 cm³/mol. The molecule has 0 saturated carbocycles. The van der Waals surface area contributed by atoms with Gasteiger partial charge in [0.05, 0.1) is 18.9 Å². The van der Waals surface area contributed by atoms with Crippen LogP contribution in [0.5, 0.6) is 0 Å². The fourth-order valence-electron chi connectivity index (χ4n) is 3.44. The number of anilines is 1. The minimum Gasteiger partial charge on any atom is -0.397 e. The largest absolute Gasteiger partial charge is 0.397 e. The van der Waals surface area contributed by atoms with E-state index in [1.165, 1.54) is 11.8 Å². The van der Waals surface area contributed by atoms with Crippen molar-refractivity contribution in [3.8, 4) is 0 Å². The fourth-order valence-corrected chi connectivity index (χ4v) is 3.44. The molecular weight excluding hydrogens is 380 g/mol. The van der Waals surface area contributed by atoms with Gasteiger partial charge < -0.3 is 21.2 Å². The summed E-state index contributed by atoms with van der Waals surface area (Å²) in [5.74, 6) is 5.02. The minimum absolute atomic E-state index is 0.0507. The van der Waals surface area contributed by atoms with Gasteiger partial charge in [0.2, 0.25) is 5.91 Å². The Balaban J connectivity index is 1.57. The maximum Gasteiger partial charge on any atom is 0.227 e. The minimum atomic E-state index is -0.250. The van der Waals surface area contributed by atoms with Gasteiger partial charge in [-0.25, -0.2) is 0 Å². The Hall–Kier alpha value is -2.94. The number of amides is 1. The number of hydrogen-bond donors (Lipinski definition) is 4. The van der Waals surface area contributed by atoms with Crippen molar-refractivity contribution in [2.24, 2.45) is 17.5 Å². The molecule has 1 fully saturated rings. The van der Waals surface area contributed by atoms with Crippen LogP contribution in [0.4, 0.5) is 5.69 Å². The van der Waals surface area contributed by atoms with Crippen LogP contribution in [-0.4, -0.2) is 42.1 Å². The number of nitrogens with two attached hydrogens (primary N) is 2. The lowest BCUT2D eigenvalue weighted by atomic mass is 9.96. The molecule has 8 heteroatoms. The molecule has 3 rings (SSSR count). The van der Waals surface area contributed by atoms with Gasteiger partial charge in [-0.15, -0.1) is 0 Å². The number of aromatic nitrogens is 1. The third kappa shape index (κ3) is 6.03. The molecule has 1 amide bonds. The Kier molecular flexibility index (Phi) is 7.78.